The molecule has 1 saturated heterocycles. The highest BCUT2D eigenvalue weighted by molar-refractivity contribution is 6.20. The predicted octanol–water partition coefficient (Wildman–Crippen LogP) is 2.70. The highest BCUT2D eigenvalue weighted by atomic mass is 16.4. The van der Waals surface area contributed by atoms with Crippen LogP contribution in [-0.2, 0) is 9.59 Å². The third-order valence-corrected chi connectivity index (χ3v) is 5.77. The molecule has 116 valence electrons. The van der Waals surface area contributed by atoms with Crippen molar-refractivity contribution in [1.29, 1.82) is 0 Å². The molecule has 2 bridgehead atoms. The van der Waals surface area contributed by atoms with Gasteiger partial charge in [-0.25, -0.2) is 9.69 Å². The minimum absolute atomic E-state index is 0.0698. The largest absolute Gasteiger partial charge is 0.478 e. The van der Waals surface area contributed by atoms with Crippen molar-refractivity contribution in [2.24, 2.45) is 16.7 Å². The number of amides is 2. The van der Waals surface area contributed by atoms with Crippen molar-refractivity contribution in [3.8, 4) is 0 Å². The van der Waals surface area contributed by atoms with Crippen LogP contribution in [0.5, 0.6) is 0 Å². The Labute approximate surface area is 128 Å². The highest BCUT2D eigenvalue weighted by Crippen LogP contribution is 2.60. The van der Waals surface area contributed by atoms with Gasteiger partial charge in [0.15, 0.2) is 0 Å². The Bertz CT molecular complexity index is 694. The lowest BCUT2D eigenvalue weighted by atomic mass is 9.62. The molecule has 1 aliphatic carbocycles. The fourth-order valence-electron chi connectivity index (χ4n) is 3.84. The Morgan fingerprint density at radius 2 is 1.95 bits per heavy atom. The lowest BCUT2D eigenvalue weighted by Gasteiger charge is -2.47. The number of rotatable bonds is 2. The molecule has 1 saturated carbocycles. The van der Waals surface area contributed by atoms with Gasteiger partial charge >= 0.3 is 5.97 Å². The fourth-order valence-corrected chi connectivity index (χ4v) is 3.84. The Balaban J connectivity index is 2.10. The van der Waals surface area contributed by atoms with Gasteiger partial charge in [0, 0.05) is 5.92 Å². The standard InChI is InChI=1S/C17H19NO4/c1-16(2)12-7-8-17(16,3)15(22)18(13(12)19)11-6-4-5-10(9-11)14(20)21/h4-6,9,12H,7-8H2,1-3H3,(H,20,21). The van der Waals surface area contributed by atoms with Crippen LogP contribution in [-0.4, -0.2) is 22.9 Å². The van der Waals surface area contributed by atoms with Crippen molar-refractivity contribution in [3.05, 3.63) is 29.8 Å². The van der Waals surface area contributed by atoms with Crippen molar-refractivity contribution in [2.75, 3.05) is 4.90 Å². The second-order valence-electron chi connectivity index (χ2n) is 6.98. The molecule has 5 nitrogen and oxygen atoms in total. The minimum atomic E-state index is -1.08. The number of benzene rings is 1. The Hall–Kier alpha value is -2.17. The summed E-state index contributed by atoms with van der Waals surface area (Å²) in [6, 6.07) is 6.01. The number of fused-ring (bicyclic) bond motifs is 2. The van der Waals surface area contributed by atoms with Gasteiger partial charge in [-0.15, -0.1) is 0 Å². The smallest absolute Gasteiger partial charge is 0.335 e. The van der Waals surface area contributed by atoms with Crippen LogP contribution in [0.1, 0.15) is 44.0 Å². The van der Waals surface area contributed by atoms with E-state index in [-0.39, 0.29) is 28.7 Å². The molecule has 1 heterocycles. The number of hydrogen-bond donors (Lipinski definition) is 1. The fraction of sp³-hybridized carbons (Fsp3) is 0.471. The van der Waals surface area contributed by atoms with Gasteiger partial charge in [0.05, 0.1) is 16.7 Å². The van der Waals surface area contributed by atoms with E-state index in [1.165, 1.54) is 17.0 Å². The van der Waals surface area contributed by atoms with Gasteiger partial charge in [-0.3, -0.25) is 9.59 Å². The van der Waals surface area contributed by atoms with E-state index in [1.807, 2.05) is 20.8 Å². The summed E-state index contributed by atoms with van der Waals surface area (Å²) in [6.07, 6.45) is 1.38. The number of aromatic carboxylic acids is 1. The minimum Gasteiger partial charge on any atom is -0.478 e. The monoisotopic (exact) mass is 301 g/mol. The van der Waals surface area contributed by atoms with Crippen molar-refractivity contribution < 1.29 is 19.5 Å². The maximum atomic E-state index is 13.0. The molecule has 1 aliphatic heterocycles. The van der Waals surface area contributed by atoms with Crippen LogP contribution < -0.4 is 4.90 Å². The highest BCUT2D eigenvalue weighted by Gasteiger charge is 2.64. The first-order valence-electron chi connectivity index (χ1n) is 7.42. The van der Waals surface area contributed by atoms with Gasteiger partial charge < -0.3 is 5.11 Å². The van der Waals surface area contributed by atoms with Crippen LogP contribution >= 0.6 is 0 Å². The van der Waals surface area contributed by atoms with E-state index in [4.69, 9.17) is 5.11 Å². The topological polar surface area (TPSA) is 74.7 Å². The number of piperidine rings is 1. The Kier molecular flexibility index (Phi) is 2.96. The molecule has 2 aliphatic rings. The molecule has 1 aromatic carbocycles. The molecule has 1 aromatic rings. The quantitative estimate of drug-likeness (QED) is 0.852. The van der Waals surface area contributed by atoms with Crippen LogP contribution in [0.15, 0.2) is 24.3 Å². The third-order valence-electron chi connectivity index (χ3n) is 5.77. The number of carbonyl (C=O) groups is 3. The summed E-state index contributed by atoms with van der Waals surface area (Å²) < 4.78 is 0. The van der Waals surface area contributed by atoms with Gasteiger partial charge in [-0.1, -0.05) is 26.8 Å². The van der Waals surface area contributed by atoms with Crippen LogP contribution in [0.4, 0.5) is 5.69 Å². The molecular formula is C17H19NO4. The summed E-state index contributed by atoms with van der Waals surface area (Å²) in [6.45, 7) is 5.87. The van der Waals surface area contributed by atoms with Gasteiger partial charge in [0.1, 0.15) is 0 Å². The van der Waals surface area contributed by atoms with Gasteiger partial charge in [-0.2, -0.15) is 0 Å². The van der Waals surface area contributed by atoms with Crippen molar-refractivity contribution in [1.82, 2.24) is 0 Å². The van der Waals surface area contributed by atoms with Crippen LogP contribution in [0.2, 0.25) is 0 Å². The summed E-state index contributed by atoms with van der Waals surface area (Å²) >= 11 is 0. The summed E-state index contributed by atoms with van der Waals surface area (Å²) in [4.78, 5) is 38.1. The summed E-state index contributed by atoms with van der Waals surface area (Å²) in [5.74, 6) is -1.72. The number of hydrogen-bond acceptors (Lipinski definition) is 3. The average Bonchev–Trinajstić information content (AvgIpc) is 2.63. The second kappa shape index (κ2) is 4.41. The van der Waals surface area contributed by atoms with Crippen LogP contribution in [0.25, 0.3) is 0 Å². The predicted molar refractivity (Wildman–Crippen MR) is 80.5 cm³/mol. The first-order chi connectivity index (χ1) is 10.2. The van der Waals surface area contributed by atoms with Crippen LogP contribution in [0.3, 0.4) is 0 Å². The first-order valence-corrected chi connectivity index (χ1v) is 7.42. The molecule has 2 fully saturated rings. The second-order valence-corrected chi connectivity index (χ2v) is 6.98. The molecule has 3 rings (SSSR count). The van der Waals surface area contributed by atoms with Gasteiger partial charge in [-0.05, 0) is 36.5 Å². The Morgan fingerprint density at radius 1 is 1.27 bits per heavy atom. The van der Waals surface area contributed by atoms with Gasteiger partial charge in [0.2, 0.25) is 11.8 Å². The molecule has 2 unspecified atom stereocenters. The molecule has 0 spiro atoms. The lowest BCUT2D eigenvalue weighted by molar-refractivity contribution is -0.146. The zero-order chi connectivity index (χ0) is 16.3. The molecule has 2 amide bonds. The zero-order valence-electron chi connectivity index (χ0n) is 12.9. The van der Waals surface area contributed by atoms with E-state index in [1.54, 1.807) is 12.1 Å². The molecule has 5 heteroatoms. The molecule has 2 atom stereocenters. The molecule has 1 N–H and O–H groups in total. The number of carboxylic acid groups (broad SMARTS) is 1. The summed E-state index contributed by atoms with van der Waals surface area (Å²) in [5, 5.41) is 9.10. The maximum absolute atomic E-state index is 13.0. The molecule has 0 radical (unpaired) electrons. The van der Waals surface area contributed by atoms with E-state index in [2.05, 4.69) is 0 Å². The number of carbonyl (C=O) groups excluding carboxylic acids is 2. The third kappa shape index (κ3) is 1.68. The van der Waals surface area contributed by atoms with E-state index in [9.17, 15) is 14.4 Å². The normalized spacial score (nSPS) is 29.8. The van der Waals surface area contributed by atoms with E-state index < -0.39 is 11.4 Å². The SMILES string of the molecule is CC12CCC(C(=O)N(c3cccc(C(=O)O)c3)C1=O)C2(C)C. The van der Waals surface area contributed by atoms with Gasteiger partial charge in [0.25, 0.3) is 0 Å². The number of anilines is 1. The summed E-state index contributed by atoms with van der Waals surface area (Å²) in [7, 11) is 0. The van der Waals surface area contributed by atoms with Crippen molar-refractivity contribution in [3.63, 3.8) is 0 Å². The van der Waals surface area contributed by atoms with Crippen LogP contribution in [0, 0.1) is 16.7 Å². The van der Waals surface area contributed by atoms with E-state index >= 15 is 0 Å². The van der Waals surface area contributed by atoms with E-state index in [0.29, 0.717) is 18.5 Å². The number of nitrogens with zero attached hydrogens (tertiary/aromatic N) is 1. The number of imide groups is 1. The maximum Gasteiger partial charge on any atom is 0.335 e. The number of carboxylic acids is 1. The van der Waals surface area contributed by atoms with Crippen molar-refractivity contribution in [2.45, 2.75) is 33.6 Å². The zero-order valence-corrected chi connectivity index (χ0v) is 12.9. The Morgan fingerprint density at radius 3 is 2.59 bits per heavy atom. The molecular weight excluding hydrogens is 282 g/mol. The van der Waals surface area contributed by atoms with Crippen molar-refractivity contribution >= 4 is 23.5 Å². The lowest BCUT2D eigenvalue weighted by Crippen LogP contribution is -2.59. The summed E-state index contributed by atoms with van der Waals surface area (Å²) in [5.41, 5.74) is -0.545. The molecule has 22 heavy (non-hydrogen) atoms. The van der Waals surface area contributed by atoms with E-state index in [0.717, 1.165) is 0 Å². The molecule has 0 aromatic heterocycles. The first kappa shape index (κ1) is 14.8. The average molecular weight is 301 g/mol.